The van der Waals surface area contributed by atoms with Crippen molar-refractivity contribution in [2.24, 2.45) is 5.92 Å². The molecule has 0 atom stereocenters. The molecule has 0 aliphatic heterocycles. The Balaban J connectivity index is 0.000000861. The van der Waals surface area contributed by atoms with Gasteiger partial charge in [-0.3, -0.25) is 4.79 Å². The Labute approximate surface area is 116 Å². The number of ether oxygens (including phenoxy) is 1. The molecule has 104 valence electrons. The average Bonchev–Trinajstić information content (AvgIpc) is 2.49. The van der Waals surface area contributed by atoms with Gasteiger partial charge < -0.3 is 4.74 Å². The van der Waals surface area contributed by atoms with E-state index in [1.54, 1.807) is 6.92 Å². The minimum atomic E-state index is 0.284. The highest BCUT2D eigenvalue weighted by molar-refractivity contribution is 5.78. The lowest BCUT2D eigenvalue weighted by molar-refractivity contribution is -0.122. The number of carbonyl (C=O) groups excluding carboxylic acids is 1. The van der Waals surface area contributed by atoms with Crippen molar-refractivity contribution in [1.82, 2.24) is 0 Å². The fraction of sp³-hybridized carbons (Fsp3) is 0.471. The molecule has 1 aromatic carbocycles. The lowest BCUT2D eigenvalue weighted by atomic mass is 9.85. The minimum absolute atomic E-state index is 0.284. The van der Waals surface area contributed by atoms with Crippen LogP contribution >= 0.6 is 0 Å². The number of hydrogen-bond acceptors (Lipinski definition) is 2. The molecule has 0 unspecified atom stereocenters. The Hall–Kier alpha value is -1.41. The molecular formula is C17H24O2. The molecular weight excluding hydrogens is 236 g/mol. The van der Waals surface area contributed by atoms with E-state index >= 15 is 0 Å². The van der Waals surface area contributed by atoms with E-state index in [0.29, 0.717) is 18.5 Å². The van der Waals surface area contributed by atoms with E-state index in [-0.39, 0.29) is 5.92 Å². The van der Waals surface area contributed by atoms with Gasteiger partial charge in [-0.2, -0.15) is 0 Å². The van der Waals surface area contributed by atoms with Crippen molar-refractivity contribution in [2.45, 2.75) is 45.3 Å². The fourth-order valence-corrected chi connectivity index (χ4v) is 2.42. The molecule has 1 saturated carbocycles. The summed E-state index contributed by atoms with van der Waals surface area (Å²) >= 11 is 0. The summed E-state index contributed by atoms with van der Waals surface area (Å²) in [5.74, 6) is 0.623. The molecule has 1 fully saturated rings. The van der Waals surface area contributed by atoms with Crippen LogP contribution in [-0.2, 0) is 16.1 Å². The molecule has 0 heterocycles. The van der Waals surface area contributed by atoms with Crippen LogP contribution < -0.4 is 0 Å². The van der Waals surface area contributed by atoms with Crippen LogP contribution in [0.3, 0.4) is 0 Å². The molecule has 1 aromatic rings. The number of hydrogen-bond donors (Lipinski definition) is 0. The standard InChI is InChI=1S/C15H20O2.C2H4/c1-12(16)14-7-9-15(10-8-14)17-11-13-5-3-2-4-6-13;1-2/h2-6,14-15H,7-11H2,1H3;1-2H2. The predicted molar refractivity (Wildman–Crippen MR) is 78.9 cm³/mol. The molecule has 0 N–H and O–H groups in total. The van der Waals surface area contributed by atoms with Gasteiger partial charge in [-0.25, -0.2) is 0 Å². The highest BCUT2D eigenvalue weighted by atomic mass is 16.5. The zero-order valence-corrected chi connectivity index (χ0v) is 11.8. The third-order valence-corrected chi connectivity index (χ3v) is 3.58. The Morgan fingerprint density at radius 1 is 1.16 bits per heavy atom. The summed E-state index contributed by atoms with van der Waals surface area (Å²) < 4.78 is 5.89. The maximum absolute atomic E-state index is 11.2. The Bertz CT molecular complexity index is 364. The number of benzene rings is 1. The summed E-state index contributed by atoms with van der Waals surface area (Å²) in [5.41, 5.74) is 1.22. The molecule has 2 nitrogen and oxygen atoms in total. The predicted octanol–water partition coefficient (Wildman–Crippen LogP) is 4.15. The largest absolute Gasteiger partial charge is 0.374 e. The zero-order chi connectivity index (χ0) is 14.1. The van der Waals surface area contributed by atoms with Gasteiger partial charge in [-0.1, -0.05) is 30.3 Å². The fourth-order valence-electron chi connectivity index (χ4n) is 2.42. The third kappa shape index (κ3) is 5.39. The van der Waals surface area contributed by atoms with E-state index < -0.39 is 0 Å². The van der Waals surface area contributed by atoms with Crippen molar-refractivity contribution in [3.8, 4) is 0 Å². The van der Waals surface area contributed by atoms with Crippen LogP contribution in [0.25, 0.3) is 0 Å². The van der Waals surface area contributed by atoms with Gasteiger partial charge in [0.1, 0.15) is 5.78 Å². The van der Waals surface area contributed by atoms with E-state index in [1.807, 2.05) is 18.2 Å². The lowest BCUT2D eigenvalue weighted by Gasteiger charge is -2.27. The molecule has 2 heteroatoms. The first kappa shape index (κ1) is 15.6. The summed E-state index contributed by atoms with van der Waals surface area (Å²) in [5, 5.41) is 0. The molecule has 0 bridgehead atoms. The maximum atomic E-state index is 11.2. The van der Waals surface area contributed by atoms with E-state index in [1.165, 1.54) is 5.56 Å². The van der Waals surface area contributed by atoms with Crippen LogP contribution in [0.2, 0.25) is 0 Å². The molecule has 1 aliphatic carbocycles. The third-order valence-electron chi connectivity index (χ3n) is 3.58. The molecule has 0 radical (unpaired) electrons. The summed E-state index contributed by atoms with van der Waals surface area (Å²) in [6.07, 6.45) is 4.38. The first-order valence-electron chi connectivity index (χ1n) is 6.91. The molecule has 0 spiro atoms. The quantitative estimate of drug-likeness (QED) is 0.760. The van der Waals surface area contributed by atoms with Gasteiger partial charge >= 0.3 is 0 Å². The summed E-state index contributed by atoms with van der Waals surface area (Å²) in [4.78, 5) is 11.2. The number of rotatable bonds is 4. The van der Waals surface area contributed by atoms with Gasteiger partial charge in [-0.05, 0) is 38.2 Å². The molecule has 19 heavy (non-hydrogen) atoms. The van der Waals surface area contributed by atoms with Gasteiger partial charge in [-0.15, -0.1) is 13.2 Å². The van der Waals surface area contributed by atoms with Gasteiger partial charge in [0, 0.05) is 5.92 Å². The highest BCUT2D eigenvalue weighted by Crippen LogP contribution is 2.27. The summed E-state index contributed by atoms with van der Waals surface area (Å²) in [7, 11) is 0. The first-order chi connectivity index (χ1) is 9.25. The first-order valence-corrected chi connectivity index (χ1v) is 6.91. The SMILES string of the molecule is C=C.CC(=O)C1CCC(OCc2ccccc2)CC1. The second-order valence-electron chi connectivity index (χ2n) is 4.88. The van der Waals surface area contributed by atoms with E-state index in [0.717, 1.165) is 25.7 Å². The van der Waals surface area contributed by atoms with Gasteiger partial charge in [0.05, 0.1) is 12.7 Å². The Kier molecular flexibility index (Phi) is 7.12. The van der Waals surface area contributed by atoms with Crippen molar-refractivity contribution < 1.29 is 9.53 Å². The smallest absolute Gasteiger partial charge is 0.132 e. The average molecular weight is 260 g/mol. The van der Waals surface area contributed by atoms with Crippen LogP contribution in [0, 0.1) is 5.92 Å². The van der Waals surface area contributed by atoms with Crippen molar-refractivity contribution in [2.75, 3.05) is 0 Å². The van der Waals surface area contributed by atoms with E-state index in [4.69, 9.17) is 4.74 Å². The van der Waals surface area contributed by atoms with Crippen LogP contribution in [0.15, 0.2) is 43.5 Å². The lowest BCUT2D eigenvalue weighted by Crippen LogP contribution is -2.24. The second kappa shape index (κ2) is 8.65. The highest BCUT2D eigenvalue weighted by Gasteiger charge is 2.24. The number of ketones is 1. The molecule has 1 aliphatic rings. The summed E-state index contributed by atoms with van der Waals surface area (Å²) in [6.45, 7) is 8.39. The van der Waals surface area contributed by atoms with E-state index in [9.17, 15) is 4.79 Å². The van der Waals surface area contributed by atoms with E-state index in [2.05, 4.69) is 25.3 Å². The minimum Gasteiger partial charge on any atom is -0.374 e. The van der Waals surface area contributed by atoms with Crippen molar-refractivity contribution in [3.05, 3.63) is 49.1 Å². The van der Waals surface area contributed by atoms with Crippen molar-refractivity contribution >= 4 is 5.78 Å². The maximum Gasteiger partial charge on any atom is 0.132 e. The Morgan fingerprint density at radius 2 is 1.74 bits per heavy atom. The van der Waals surface area contributed by atoms with Gasteiger partial charge in [0.25, 0.3) is 0 Å². The number of carbonyl (C=O) groups is 1. The Morgan fingerprint density at radius 3 is 2.26 bits per heavy atom. The zero-order valence-electron chi connectivity index (χ0n) is 11.8. The second-order valence-corrected chi connectivity index (χ2v) is 4.88. The van der Waals surface area contributed by atoms with Crippen LogP contribution in [0.1, 0.15) is 38.2 Å². The number of Topliss-reactive ketones (excluding diaryl/α,β-unsaturated/α-hetero) is 1. The molecule has 0 amide bonds. The molecule has 2 rings (SSSR count). The molecule has 0 saturated heterocycles. The van der Waals surface area contributed by atoms with Crippen LogP contribution in [-0.4, -0.2) is 11.9 Å². The normalized spacial score (nSPS) is 22.2. The van der Waals surface area contributed by atoms with Gasteiger partial charge in [0.2, 0.25) is 0 Å². The monoisotopic (exact) mass is 260 g/mol. The van der Waals surface area contributed by atoms with Crippen molar-refractivity contribution in [1.29, 1.82) is 0 Å². The topological polar surface area (TPSA) is 26.3 Å². The summed E-state index contributed by atoms with van der Waals surface area (Å²) in [6, 6.07) is 10.3. The molecule has 0 aromatic heterocycles. The van der Waals surface area contributed by atoms with Crippen molar-refractivity contribution in [3.63, 3.8) is 0 Å². The van der Waals surface area contributed by atoms with Crippen LogP contribution in [0.5, 0.6) is 0 Å². The van der Waals surface area contributed by atoms with Gasteiger partial charge in [0.15, 0.2) is 0 Å². The van der Waals surface area contributed by atoms with Crippen LogP contribution in [0.4, 0.5) is 0 Å².